The normalized spacial score (nSPS) is 20.9. The molecule has 1 aromatic heterocycles. The third-order valence-corrected chi connectivity index (χ3v) is 5.55. The van der Waals surface area contributed by atoms with Gasteiger partial charge in [-0.25, -0.2) is 19.2 Å². The second-order valence-electron chi connectivity index (χ2n) is 5.15. The molecule has 19 heavy (non-hydrogen) atoms. The van der Waals surface area contributed by atoms with E-state index < -0.39 is 10.0 Å². The van der Waals surface area contributed by atoms with Crippen LogP contribution >= 0.6 is 0 Å². The molecule has 1 aliphatic heterocycles. The van der Waals surface area contributed by atoms with E-state index in [2.05, 4.69) is 24.3 Å². The maximum absolute atomic E-state index is 12.6. The molecule has 1 atom stereocenters. The fraction of sp³-hybridized carbons (Fsp3) is 0.583. The van der Waals surface area contributed by atoms with Crippen LogP contribution in [-0.2, 0) is 10.0 Å². The lowest BCUT2D eigenvalue weighted by Gasteiger charge is -2.19. The number of hydrogen-bond donors (Lipinski definition) is 2. The summed E-state index contributed by atoms with van der Waals surface area (Å²) in [4.78, 5) is 4.09. The van der Waals surface area contributed by atoms with Gasteiger partial charge in [0.25, 0.3) is 0 Å². The number of nitrogens with one attached hydrogen (secondary N) is 1. The summed E-state index contributed by atoms with van der Waals surface area (Å²) in [5.74, 6) is 6.42. The number of nitrogens with two attached hydrogens (primary N) is 1. The third-order valence-electron chi connectivity index (χ3n) is 3.66. The minimum absolute atomic E-state index is 0.141. The summed E-state index contributed by atoms with van der Waals surface area (Å²) < 4.78 is 26.7. The van der Waals surface area contributed by atoms with Gasteiger partial charge >= 0.3 is 0 Å². The Hall–Kier alpha value is -1.18. The van der Waals surface area contributed by atoms with Crippen molar-refractivity contribution in [1.82, 2.24) is 9.29 Å². The summed E-state index contributed by atoms with van der Waals surface area (Å²) in [5, 5.41) is 0. The number of nitrogens with zero attached hydrogens (tertiary/aromatic N) is 2. The molecular weight excluding hydrogens is 264 g/mol. The molecule has 2 heterocycles. The number of pyridine rings is 1. The zero-order valence-electron chi connectivity index (χ0n) is 11.2. The molecule has 6 nitrogen and oxygen atoms in total. The quantitative estimate of drug-likeness (QED) is 0.637. The predicted octanol–water partition coefficient (Wildman–Crippen LogP) is 1.03. The highest BCUT2D eigenvalue weighted by molar-refractivity contribution is 7.89. The smallest absolute Gasteiger partial charge is 0.246 e. The average Bonchev–Trinajstić information content (AvgIpc) is 2.89. The van der Waals surface area contributed by atoms with Gasteiger partial charge in [0.1, 0.15) is 4.90 Å². The average molecular weight is 284 g/mol. The number of aromatic nitrogens is 1. The zero-order valence-corrected chi connectivity index (χ0v) is 12.0. The van der Waals surface area contributed by atoms with Crippen LogP contribution in [0.5, 0.6) is 0 Å². The number of sulfonamides is 1. The molecule has 1 aromatic rings. The molecule has 0 radical (unpaired) electrons. The molecule has 1 fully saturated rings. The Kier molecular flexibility index (Phi) is 4.07. The third kappa shape index (κ3) is 2.72. The standard InChI is InChI=1S/C12H20N4O2S/c1-9(2)10-5-7-16(8-10)19(17,18)11-4-3-6-14-12(11)15-13/h3-4,6,9-10H,5,7-8,13H2,1-2H3,(H,14,15). The van der Waals surface area contributed by atoms with Gasteiger partial charge in [0.05, 0.1) is 0 Å². The van der Waals surface area contributed by atoms with E-state index in [0.717, 1.165) is 6.42 Å². The maximum atomic E-state index is 12.6. The van der Waals surface area contributed by atoms with E-state index in [1.165, 1.54) is 16.6 Å². The van der Waals surface area contributed by atoms with Gasteiger partial charge in [-0.3, -0.25) is 0 Å². The van der Waals surface area contributed by atoms with Crippen molar-refractivity contribution in [2.45, 2.75) is 25.2 Å². The second kappa shape index (κ2) is 5.44. The van der Waals surface area contributed by atoms with Crippen LogP contribution in [0.25, 0.3) is 0 Å². The summed E-state index contributed by atoms with van der Waals surface area (Å²) >= 11 is 0. The highest BCUT2D eigenvalue weighted by Crippen LogP contribution is 2.30. The van der Waals surface area contributed by atoms with Gasteiger partial charge in [0, 0.05) is 19.3 Å². The van der Waals surface area contributed by atoms with Crippen LogP contribution in [-0.4, -0.2) is 30.8 Å². The first-order chi connectivity index (χ1) is 8.96. The topological polar surface area (TPSA) is 88.3 Å². The van der Waals surface area contributed by atoms with E-state index in [9.17, 15) is 8.42 Å². The first-order valence-electron chi connectivity index (χ1n) is 6.38. The number of hydrazine groups is 1. The van der Waals surface area contributed by atoms with Gasteiger partial charge in [-0.15, -0.1) is 0 Å². The molecule has 106 valence electrons. The Morgan fingerprint density at radius 2 is 2.26 bits per heavy atom. The Morgan fingerprint density at radius 3 is 2.84 bits per heavy atom. The molecule has 0 saturated carbocycles. The Bertz CT molecular complexity index is 544. The molecule has 1 saturated heterocycles. The van der Waals surface area contributed by atoms with Crippen LogP contribution < -0.4 is 11.3 Å². The van der Waals surface area contributed by atoms with Crippen LogP contribution in [0.2, 0.25) is 0 Å². The van der Waals surface area contributed by atoms with Crippen molar-refractivity contribution in [3.8, 4) is 0 Å². The SMILES string of the molecule is CC(C)C1CCN(S(=O)(=O)c2cccnc2NN)C1. The van der Waals surface area contributed by atoms with Gasteiger partial charge in [0.15, 0.2) is 5.82 Å². The van der Waals surface area contributed by atoms with Gasteiger partial charge < -0.3 is 5.43 Å². The molecule has 1 unspecified atom stereocenters. The predicted molar refractivity (Wildman–Crippen MR) is 73.8 cm³/mol. The molecule has 7 heteroatoms. The summed E-state index contributed by atoms with van der Waals surface area (Å²) in [7, 11) is -3.52. The van der Waals surface area contributed by atoms with Crippen molar-refractivity contribution < 1.29 is 8.42 Å². The van der Waals surface area contributed by atoms with Crippen molar-refractivity contribution in [2.24, 2.45) is 17.7 Å². The van der Waals surface area contributed by atoms with Crippen LogP contribution in [0.4, 0.5) is 5.82 Å². The Labute approximate surface area is 114 Å². The van der Waals surface area contributed by atoms with Crippen LogP contribution in [0.3, 0.4) is 0 Å². The van der Waals surface area contributed by atoms with Crippen molar-refractivity contribution >= 4 is 15.8 Å². The lowest BCUT2D eigenvalue weighted by molar-refractivity contribution is 0.388. The molecule has 0 amide bonds. The molecule has 1 aliphatic rings. The summed E-state index contributed by atoms with van der Waals surface area (Å²) in [6.45, 7) is 5.37. The van der Waals surface area contributed by atoms with Crippen molar-refractivity contribution in [1.29, 1.82) is 0 Å². The largest absolute Gasteiger partial charge is 0.307 e. The van der Waals surface area contributed by atoms with Gasteiger partial charge in [-0.05, 0) is 30.4 Å². The summed E-state index contributed by atoms with van der Waals surface area (Å²) in [6.07, 6.45) is 2.41. The minimum atomic E-state index is -3.52. The van der Waals surface area contributed by atoms with Crippen molar-refractivity contribution in [2.75, 3.05) is 18.5 Å². The minimum Gasteiger partial charge on any atom is -0.307 e. The molecule has 0 spiro atoms. The van der Waals surface area contributed by atoms with Gasteiger partial charge in [-0.1, -0.05) is 13.8 Å². The van der Waals surface area contributed by atoms with E-state index in [1.807, 2.05) is 0 Å². The van der Waals surface area contributed by atoms with Crippen molar-refractivity contribution in [3.63, 3.8) is 0 Å². The highest BCUT2D eigenvalue weighted by atomic mass is 32.2. The lowest BCUT2D eigenvalue weighted by atomic mass is 9.96. The van der Waals surface area contributed by atoms with E-state index in [1.54, 1.807) is 6.07 Å². The maximum Gasteiger partial charge on any atom is 0.246 e. The molecular formula is C12H20N4O2S. The summed E-state index contributed by atoms with van der Waals surface area (Å²) in [6, 6.07) is 3.13. The molecule has 2 rings (SSSR count). The lowest BCUT2D eigenvalue weighted by Crippen LogP contribution is -2.30. The molecule has 0 aromatic carbocycles. The number of rotatable bonds is 4. The number of nitrogen functional groups attached to an aromatic ring is 1. The van der Waals surface area contributed by atoms with Gasteiger partial charge in [0.2, 0.25) is 10.0 Å². The fourth-order valence-electron chi connectivity index (χ4n) is 2.36. The van der Waals surface area contributed by atoms with E-state index >= 15 is 0 Å². The van der Waals surface area contributed by atoms with E-state index in [0.29, 0.717) is 24.9 Å². The van der Waals surface area contributed by atoms with Crippen molar-refractivity contribution in [3.05, 3.63) is 18.3 Å². The van der Waals surface area contributed by atoms with Crippen LogP contribution in [0.1, 0.15) is 20.3 Å². The molecule has 0 aliphatic carbocycles. The first kappa shape index (κ1) is 14.2. The van der Waals surface area contributed by atoms with Crippen LogP contribution in [0.15, 0.2) is 23.2 Å². The van der Waals surface area contributed by atoms with E-state index in [-0.39, 0.29) is 10.7 Å². The Morgan fingerprint density at radius 1 is 1.53 bits per heavy atom. The molecule has 0 bridgehead atoms. The Balaban J connectivity index is 2.29. The fourth-order valence-corrected chi connectivity index (χ4v) is 3.98. The van der Waals surface area contributed by atoms with E-state index in [4.69, 9.17) is 5.84 Å². The van der Waals surface area contributed by atoms with Crippen LogP contribution in [0, 0.1) is 11.8 Å². The summed E-state index contributed by atoms with van der Waals surface area (Å²) in [5.41, 5.74) is 2.34. The molecule has 3 N–H and O–H groups in total. The second-order valence-corrected chi connectivity index (χ2v) is 7.06. The number of hydrogen-bond acceptors (Lipinski definition) is 5. The first-order valence-corrected chi connectivity index (χ1v) is 7.82. The highest BCUT2D eigenvalue weighted by Gasteiger charge is 2.35. The van der Waals surface area contributed by atoms with Gasteiger partial charge in [-0.2, -0.15) is 4.31 Å². The monoisotopic (exact) mass is 284 g/mol. The zero-order chi connectivity index (χ0) is 14.0. The number of anilines is 1.